The molecule has 132 valence electrons. The fraction of sp³-hybridized carbons (Fsp3) is 0.0952. The van der Waals surface area contributed by atoms with Crippen LogP contribution in [0.5, 0.6) is 0 Å². The van der Waals surface area contributed by atoms with Crippen molar-refractivity contribution in [2.45, 2.75) is 17.7 Å². The highest BCUT2D eigenvalue weighted by molar-refractivity contribution is 7.90. The number of sulfonamides is 1. The molecule has 0 unspecified atom stereocenters. The zero-order valence-corrected chi connectivity index (χ0v) is 15.1. The third-order valence-corrected chi connectivity index (χ3v) is 5.46. The zero-order chi connectivity index (χ0) is 18.6. The molecule has 1 N–H and O–H groups in total. The second-order valence-electron chi connectivity index (χ2n) is 6.04. The molecule has 0 aliphatic carbocycles. The maximum absolute atomic E-state index is 12.9. The van der Waals surface area contributed by atoms with Crippen LogP contribution >= 0.6 is 0 Å². The van der Waals surface area contributed by atoms with Crippen LogP contribution in [0.3, 0.4) is 0 Å². The average Bonchev–Trinajstić information content (AvgIpc) is 2.63. The third-order valence-electron chi connectivity index (χ3n) is 4.09. The molecule has 3 aromatic carbocycles. The molecule has 0 atom stereocenters. The number of rotatable bonds is 5. The Hall–Kier alpha value is -2.92. The lowest BCUT2D eigenvalue weighted by Crippen LogP contribution is -2.35. The van der Waals surface area contributed by atoms with E-state index in [1.54, 1.807) is 12.1 Å². The van der Waals surface area contributed by atoms with Gasteiger partial charge in [-0.1, -0.05) is 78.4 Å². The largest absolute Gasteiger partial charge is 0.273 e. The number of nitrogens with one attached hydrogen (secondary N) is 1. The van der Waals surface area contributed by atoms with Gasteiger partial charge in [-0.15, -0.1) is 0 Å². The first-order valence-corrected chi connectivity index (χ1v) is 9.69. The smallest absolute Gasteiger partial charge is 0.264 e. The second-order valence-corrected chi connectivity index (χ2v) is 7.72. The molecule has 0 saturated carbocycles. The van der Waals surface area contributed by atoms with E-state index < -0.39 is 21.8 Å². The Balaban J connectivity index is 1.95. The fourth-order valence-corrected chi connectivity index (χ4v) is 3.75. The first kappa shape index (κ1) is 17.9. The molecule has 3 aromatic rings. The van der Waals surface area contributed by atoms with Crippen LogP contribution in [0, 0.1) is 6.92 Å². The van der Waals surface area contributed by atoms with Crippen LogP contribution < -0.4 is 4.72 Å². The molecule has 0 saturated heterocycles. The first-order chi connectivity index (χ1) is 12.5. The Bertz CT molecular complexity index is 943. The van der Waals surface area contributed by atoms with Gasteiger partial charge >= 0.3 is 0 Å². The zero-order valence-electron chi connectivity index (χ0n) is 14.3. The van der Waals surface area contributed by atoms with Crippen molar-refractivity contribution in [1.82, 2.24) is 4.72 Å². The van der Waals surface area contributed by atoms with Gasteiger partial charge in [-0.05, 0) is 30.2 Å². The van der Waals surface area contributed by atoms with E-state index in [0.29, 0.717) is 0 Å². The van der Waals surface area contributed by atoms with Gasteiger partial charge in [-0.3, -0.25) is 4.79 Å². The summed E-state index contributed by atoms with van der Waals surface area (Å²) in [6.45, 7) is 1.87. The summed E-state index contributed by atoms with van der Waals surface area (Å²) in [5.74, 6) is -1.29. The normalized spacial score (nSPS) is 11.3. The lowest BCUT2D eigenvalue weighted by Gasteiger charge is -2.18. The highest BCUT2D eigenvalue weighted by atomic mass is 32.2. The van der Waals surface area contributed by atoms with Crippen molar-refractivity contribution >= 4 is 15.9 Å². The SMILES string of the molecule is Cc1ccc(S(=O)(=O)NC(=O)C(c2ccccc2)c2ccccc2)cc1. The van der Waals surface area contributed by atoms with Crippen LogP contribution in [0.1, 0.15) is 22.6 Å². The van der Waals surface area contributed by atoms with Crippen molar-refractivity contribution in [2.24, 2.45) is 0 Å². The predicted molar refractivity (Wildman–Crippen MR) is 101 cm³/mol. The molecule has 26 heavy (non-hydrogen) atoms. The van der Waals surface area contributed by atoms with Gasteiger partial charge in [-0.25, -0.2) is 13.1 Å². The lowest BCUT2D eigenvalue weighted by molar-refractivity contribution is -0.119. The number of carbonyl (C=O) groups is 1. The summed E-state index contributed by atoms with van der Waals surface area (Å²) in [4.78, 5) is 13.0. The van der Waals surface area contributed by atoms with Crippen molar-refractivity contribution in [3.63, 3.8) is 0 Å². The number of carbonyl (C=O) groups excluding carboxylic acids is 1. The average molecular weight is 365 g/mol. The maximum Gasteiger partial charge on any atom is 0.264 e. The molecule has 1 amide bonds. The van der Waals surface area contributed by atoms with Crippen molar-refractivity contribution in [3.05, 3.63) is 102 Å². The minimum absolute atomic E-state index is 0.0660. The van der Waals surface area contributed by atoms with E-state index in [-0.39, 0.29) is 4.90 Å². The van der Waals surface area contributed by atoms with Crippen LogP contribution in [0.25, 0.3) is 0 Å². The molecule has 0 fully saturated rings. The van der Waals surface area contributed by atoms with Crippen molar-refractivity contribution in [2.75, 3.05) is 0 Å². The van der Waals surface area contributed by atoms with E-state index in [1.807, 2.05) is 67.6 Å². The van der Waals surface area contributed by atoms with E-state index in [1.165, 1.54) is 12.1 Å². The van der Waals surface area contributed by atoms with Gasteiger partial charge in [0.05, 0.1) is 10.8 Å². The summed E-state index contributed by atoms with van der Waals surface area (Å²) < 4.78 is 27.4. The Labute approximate surface area is 153 Å². The second kappa shape index (κ2) is 7.54. The lowest BCUT2D eigenvalue weighted by atomic mass is 9.91. The van der Waals surface area contributed by atoms with Crippen molar-refractivity contribution < 1.29 is 13.2 Å². The molecular weight excluding hydrogens is 346 g/mol. The highest BCUT2D eigenvalue weighted by Crippen LogP contribution is 2.25. The topological polar surface area (TPSA) is 63.2 Å². The van der Waals surface area contributed by atoms with Gasteiger partial charge in [0.2, 0.25) is 5.91 Å². The summed E-state index contributed by atoms with van der Waals surface area (Å²) >= 11 is 0. The van der Waals surface area contributed by atoms with Gasteiger partial charge in [0.15, 0.2) is 0 Å². The third kappa shape index (κ3) is 4.00. The van der Waals surface area contributed by atoms with Gasteiger partial charge in [-0.2, -0.15) is 0 Å². The van der Waals surface area contributed by atoms with Crippen LogP contribution in [0.4, 0.5) is 0 Å². The number of hydrogen-bond donors (Lipinski definition) is 1. The summed E-state index contributed by atoms with van der Waals surface area (Å²) in [7, 11) is -3.94. The minimum Gasteiger partial charge on any atom is -0.273 e. The summed E-state index contributed by atoms with van der Waals surface area (Å²) in [6, 6.07) is 24.7. The maximum atomic E-state index is 12.9. The quantitative estimate of drug-likeness (QED) is 0.751. The minimum atomic E-state index is -3.94. The van der Waals surface area contributed by atoms with E-state index >= 15 is 0 Å². The first-order valence-electron chi connectivity index (χ1n) is 8.20. The Morgan fingerprint density at radius 2 is 1.23 bits per heavy atom. The number of aryl methyl sites for hydroxylation is 1. The number of amides is 1. The molecule has 0 aromatic heterocycles. The molecule has 0 heterocycles. The Morgan fingerprint density at radius 3 is 1.69 bits per heavy atom. The summed E-state index contributed by atoms with van der Waals surface area (Å²) in [5, 5.41) is 0. The van der Waals surface area contributed by atoms with Gasteiger partial charge in [0.25, 0.3) is 10.0 Å². The van der Waals surface area contributed by atoms with E-state index in [4.69, 9.17) is 0 Å². The molecule has 0 aliphatic heterocycles. The summed E-state index contributed by atoms with van der Waals surface area (Å²) in [6.07, 6.45) is 0. The monoisotopic (exact) mass is 365 g/mol. The number of hydrogen-bond acceptors (Lipinski definition) is 3. The Morgan fingerprint density at radius 1 is 0.769 bits per heavy atom. The standard InChI is InChI=1S/C21H19NO3S/c1-16-12-14-19(15-13-16)26(24,25)22-21(23)20(17-8-4-2-5-9-17)18-10-6-3-7-11-18/h2-15,20H,1H3,(H,22,23). The van der Waals surface area contributed by atoms with Gasteiger partial charge < -0.3 is 0 Å². The molecule has 3 rings (SSSR count). The molecular formula is C21H19NO3S. The van der Waals surface area contributed by atoms with E-state index in [2.05, 4.69) is 4.72 Å². The molecule has 0 radical (unpaired) electrons. The Kier molecular flexibility index (Phi) is 5.19. The molecule has 4 nitrogen and oxygen atoms in total. The highest BCUT2D eigenvalue weighted by Gasteiger charge is 2.27. The van der Waals surface area contributed by atoms with Crippen LogP contribution in [-0.2, 0) is 14.8 Å². The molecule has 0 aliphatic rings. The van der Waals surface area contributed by atoms with E-state index in [0.717, 1.165) is 16.7 Å². The van der Waals surface area contributed by atoms with Crippen molar-refractivity contribution in [1.29, 1.82) is 0 Å². The van der Waals surface area contributed by atoms with Crippen LogP contribution in [0.15, 0.2) is 89.8 Å². The molecule has 0 bridgehead atoms. The van der Waals surface area contributed by atoms with Crippen LogP contribution in [-0.4, -0.2) is 14.3 Å². The van der Waals surface area contributed by atoms with Crippen LogP contribution in [0.2, 0.25) is 0 Å². The van der Waals surface area contributed by atoms with Gasteiger partial charge in [0, 0.05) is 0 Å². The molecule has 5 heteroatoms. The predicted octanol–water partition coefficient (Wildman–Crippen LogP) is 3.63. The van der Waals surface area contributed by atoms with E-state index in [9.17, 15) is 13.2 Å². The summed E-state index contributed by atoms with van der Waals surface area (Å²) in [5.41, 5.74) is 2.41. The van der Waals surface area contributed by atoms with Crippen molar-refractivity contribution in [3.8, 4) is 0 Å². The molecule has 0 spiro atoms. The fourth-order valence-electron chi connectivity index (χ4n) is 2.75. The number of benzene rings is 3. The van der Waals surface area contributed by atoms with Gasteiger partial charge in [0.1, 0.15) is 0 Å².